The van der Waals surface area contributed by atoms with Crippen LogP contribution in [0, 0.1) is 0 Å². The van der Waals surface area contributed by atoms with E-state index in [9.17, 15) is 69.3 Å². The molecule has 1 unspecified atom stereocenters. The number of nitrogens with one attached hydrogen (secondary N) is 2. The first-order chi connectivity index (χ1) is 43.3. The number of alkyl halides is 2. The number of anilines is 3. The van der Waals surface area contributed by atoms with Crippen LogP contribution in [0.2, 0.25) is 0 Å². The molecule has 0 spiro atoms. The fraction of sp³-hybridized carbons (Fsp3) is 0.365. The van der Waals surface area contributed by atoms with Gasteiger partial charge >= 0.3 is 12.1 Å². The molecule has 0 aromatic heterocycles. The van der Waals surface area contributed by atoms with E-state index in [1.165, 1.54) is 46.2 Å². The third-order valence-corrected chi connectivity index (χ3v) is 16.7. The van der Waals surface area contributed by atoms with E-state index in [1.54, 1.807) is 66.7 Å². The van der Waals surface area contributed by atoms with Gasteiger partial charge in [0.15, 0.2) is 6.10 Å². The van der Waals surface area contributed by atoms with Gasteiger partial charge in [0.1, 0.15) is 48.1 Å². The number of hydrogen-bond donors (Lipinski definition) is 9. The summed E-state index contributed by atoms with van der Waals surface area (Å²) in [6.07, 6.45) is -5.38. The Morgan fingerprint density at radius 1 is 0.644 bits per heavy atom. The highest BCUT2D eigenvalue weighted by atomic mass is 35.5. The van der Waals surface area contributed by atoms with Gasteiger partial charge in [0, 0.05) is 116 Å². The van der Waals surface area contributed by atoms with Gasteiger partial charge in [-0.05, 0) is 64.1 Å². The van der Waals surface area contributed by atoms with Crippen molar-refractivity contribution in [3.63, 3.8) is 0 Å². The lowest BCUT2D eigenvalue weighted by atomic mass is 9.95. The minimum atomic E-state index is -1.96. The molecule has 11 atom stereocenters. The van der Waals surface area contributed by atoms with Gasteiger partial charge in [-0.2, -0.15) is 9.59 Å². The lowest BCUT2D eigenvalue weighted by Gasteiger charge is -2.38. The molecule has 0 aliphatic carbocycles. The summed E-state index contributed by atoms with van der Waals surface area (Å²) in [5, 5.41) is 80.8. The molecule has 27 heteroatoms. The van der Waals surface area contributed by atoms with E-state index in [1.807, 2.05) is 12.1 Å². The van der Waals surface area contributed by atoms with Crippen molar-refractivity contribution < 1.29 is 97.8 Å². The minimum absolute atomic E-state index is 0.0299. The summed E-state index contributed by atoms with van der Waals surface area (Å²) in [6.45, 7) is 0.220. The number of halogens is 2. The maximum Gasteiger partial charge on any atom is 0.373 e. The zero-order valence-electron chi connectivity index (χ0n) is 47.8. The van der Waals surface area contributed by atoms with Crippen LogP contribution in [0.15, 0.2) is 103 Å². The molecular weight excluding hydrogens is 1220 g/mol. The van der Waals surface area contributed by atoms with Gasteiger partial charge < -0.3 is 75.1 Å². The SMILES string of the molecule is O=C(CCCCCN1C(=O)C=CC1=O)NCCC(=O)Nc1cc(/C=C/C(=O)N2C[C@@H](CCl)c3c2cc(O[C@@H]2OC[C@@H](O)[C@H](O)[C@H]2O)c2ccccc32)ccc1/C=C/C(=O)N1CC(CCl)c2c1cc(O[C@@H]1O[C@H](C(=O)O)[C@@H](O)[C@H](O)[C@H]1O)c1ccccc21.O=C=O. The van der Waals surface area contributed by atoms with Gasteiger partial charge in [-0.15, -0.1) is 23.2 Å². The van der Waals surface area contributed by atoms with Crippen molar-refractivity contribution in [2.45, 2.75) is 99.2 Å². The molecule has 5 heterocycles. The van der Waals surface area contributed by atoms with Crippen molar-refractivity contribution in [3.8, 4) is 11.5 Å². The van der Waals surface area contributed by atoms with E-state index in [2.05, 4.69) is 10.6 Å². The number of unbranched alkanes of at least 4 members (excludes halogenated alkanes) is 2. The third kappa shape index (κ3) is 14.4. The molecule has 2 saturated heterocycles. The van der Waals surface area contributed by atoms with E-state index in [0.29, 0.717) is 63.5 Å². The van der Waals surface area contributed by atoms with Gasteiger partial charge in [0.05, 0.1) is 18.0 Å². The molecule has 2 fully saturated rings. The normalized spacial score (nSPS) is 24.4. The van der Waals surface area contributed by atoms with Crippen molar-refractivity contribution in [1.29, 1.82) is 0 Å². The number of carbonyl (C=O) groups excluding carboxylic acids is 8. The second kappa shape index (κ2) is 29.5. The molecule has 5 aromatic rings. The zero-order chi connectivity index (χ0) is 64.5. The second-order valence-electron chi connectivity index (χ2n) is 21.7. The molecule has 5 aromatic carbocycles. The number of aliphatic carboxylic acids is 1. The second-order valence-corrected chi connectivity index (χ2v) is 22.4. The van der Waals surface area contributed by atoms with Crippen LogP contribution in [-0.4, -0.2) is 188 Å². The first kappa shape index (κ1) is 66.0. The lowest BCUT2D eigenvalue weighted by molar-refractivity contribution is -0.270. The number of nitrogens with zero attached hydrogens (tertiary/aromatic N) is 3. The number of imide groups is 1. The topological polar surface area (TPSA) is 366 Å². The third-order valence-electron chi connectivity index (χ3n) is 16.0. The molecule has 5 aliphatic heterocycles. The number of carboxylic acid groups (broad SMARTS) is 1. The summed E-state index contributed by atoms with van der Waals surface area (Å²) in [5.41, 5.74) is 3.36. The van der Waals surface area contributed by atoms with Crippen LogP contribution in [-0.2, 0) is 52.6 Å². The standard InChI is InChI=1S/C62H63Cl2N5O18.CO2/c63-27-34-29-68(41-25-44(36-8-3-5-10-38(36)52(34)41)85-61-57(80)54(77)43(70)31-84-61)50(75)17-14-32-13-15-33(40(24-32)66-47(72)21-22-65-46(71)12-2-1-7-23-67-48(73)19-20-49(67)74)16-18-51(76)69-30-35(28-64)53-39-11-6-4-9-37(39)45(26-42(53)69)86-62-58(81)55(78)56(79)59(87-62)60(82)83;2-1-3/h3-6,8-11,13-20,24-26,34-35,43,54-59,61-62,70,77-81H,1-2,7,12,21-23,27-31H2,(H,65,71)(H,66,72)(H,82,83);/b17-14+,18-16+;/t34-,35?,43-,54+,55+,56+,57-,58-,59+,61+,62-;/m1./s1. The van der Waals surface area contributed by atoms with E-state index >= 15 is 0 Å². The number of ether oxygens (including phenoxy) is 4. The molecule has 5 aliphatic rings. The van der Waals surface area contributed by atoms with Crippen LogP contribution >= 0.6 is 23.2 Å². The number of benzene rings is 5. The fourth-order valence-corrected chi connectivity index (χ4v) is 11.9. The summed E-state index contributed by atoms with van der Waals surface area (Å²) in [6, 6.07) is 22.3. The Bertz CT molecular complexity index is 3690. The van der Waals surface area contributed by atoms with Crippen LogP contribution in [0.4, 0.5) is 17.1 Å². The molecule has 10 rings (SSSR count). The van der Waals surface area contributed by atoms with Gasteiger partial charge in [0.2, 0.25) is 24.4 Å². The fourth-order valence-electron chi connectivity index (χ4n) is 11.4. The average Bonchev–Trinajstić information content (AvgIpc) is 1.60. The van der Waals surface area contributed by atoms with Crippen LogP contribution in [0.3, 0.4) is 0 Å². The maximum absolute atomic E-state index is 14.5. The van der Waals surface area contributed by atoms with Gasteiger partial charge in [0.25, 0.3) is 23.6 Å². The Morgan fingerprint density at radius 3 is 1.76 bits per heavy atom. The lowest BCUT2D eigenvalue weighted by Crippen LogP contribution is -2.61. The minimum Gasteiger partial charge on any atom is -0.479 e. The zero-order valence-corrected chi connectivity index (χ0v) is 49.4. The molecule has 6 amide bonds. The number of amides is 6. The largest absolute Gasteiger partial charge is 0.479 e. The van der Waals surface area contributed by atoms with Crippen molar-refractivity contribution in [2.24, 2.45) is 0 Å². The molecule has 0 radical (unpaired) electrons. The highest BCUT2D eigenvalue weighted by Gasteiger charge is 2.49. The number of aliphatic hydroxyl groups is 6. The molecule has 474 valence electrons. The van der Waals surface area contributed by atoms with Crippen molar-refractivity contribution >= 4 is 122 Å². The Morgan fingerprint density at radius 2 is 1.19 bits per heavy atom. The maximum atomic E-state index is 14.5. The van der Waals surface area contributed by atoms with Crippen LogP contribution < -0.4 is 29.9 Å². The number of aliphatic hydroxyl groups excluding tert-OH is 6. The Kier molecular flexibility index (Phi) is 21.6. The first-order valence-electron chi connectivity index (χ1n) is 28.6. The first-order valence-corrected chi connectivity index (χ1v) is 29.7. The predicted octanol–water partition coefficient (Wildman–Crippen LogP) is 3.19. The summed E-state index contributed by atoms with van der Waals surface area (Å²) in [5.74, 6) is -4.28. The smallest absolute Gasteiger partial charge is 0.373 e. The average molecular weight is 1280 g/mol. The quantitative estimate of drug-likeness (QED) is 0.0220. The molecule has 25 nitrogen and oxygen atoms in total. The van der Waals surface area contributed by atoms with Crippen molar-refractivity contribution in [2.75, 3.05) is 59.7 Å². The van der Waals surface area contributed by atoms with Crippen LogP contribution in [0.1, 0.15) is 66.2 Å². The van der Waals surface area contributed by atoms with Gasteiger partial charge in [-0.25, -0.2) is 4.79 Å². The van der Waals surface area contributed by atoms with Crippen molar-refractivity contribution in [1.82, 2.24) is 10.2 Å². The number of carboxylic acids is 1. The number of fused-ring (bicyclic) bond motifs is 6. The van der Waals surface area contributed by atoms with Crippen LogP contribution in [0.5, 0.6) is 11.5 Å². The van der Waals surface area contributed by atoms with E-state index in [0.717, 1.165) is 15.8 Å². The summed E-state index contributed by atoms with van der Waals surface area (Å²) >= 11 is 13.1. The number of carbonyl (C=O) groups is 7. The highest BCUT2D eigenvalue weighted by molar-refractivity contribution is 6.20. The molecular formula is C63H63Cl2N5O20. The molecule has 0 saturated carbocycles. The predicted molar refractivity (Wildman–Crippen MR) is 323 cm³/mol. The van der Waals surface area contributed by atoms with E-state index < -0.39 is 79.0 Å². The number of rotatable bonds is 21. The number of hydrogen-bond acceptors (Lipinski definition) is 19. The van der Waals surface area contributed by atoms with Crippen molar-refractivity contribution in [3.05, 3.63) is 125 Å². The van der Waals surface area contributed by atoms with Crippen LogP contribution in [0.25, 0.3) is 33.7 Å². The van der Waals surface area contributed by atoms with E-state index in [4.69, 9.17) is 51.7 Å². The van der Waals surface area contributed by atoms with E-state index in [-0.39, 0.29) is 110 Å². The highest BCUT2D eigenvalue weighted by Crippen LogP contribution is 2.48. The van der Waals surface area contributed by atoms with Gasteiger partial charge in [-0.3, -0.25) is 33.7 Å². The van der Waals surface area contributed by atoms with Gasteiger partial charge in [-0.1, -0.05) is 67.1 Å². The Labute approximate surface area is 523 Å². The Balaban J connectivity index is 0.00000314. The summed E-state index contributed by atoms with van der Waals surface area (Å²) in [7, 11) is 0. The summed E-state index contributed by atoms with van der Waals surface area (Å²) < 4.78 is 23.2. The Hall–Kier alpha value is -8.43. The monoisotopic (exact) mass is 1280 g/mol. The molecule has 9 N–H and O–H groups in total. The molecule has 0 bridgehead atoms. The molecule has 90 heavy (non-hydrogen) atoms. The summed E-state index contributed by atoms with van der Waals surface area (Å²) in [4.78, 5) is 111.